The number of hydrogen-bond acceptors (Lipinski definition) is 1. The molecule has 0 unspecified atom stereocenters. The molecule has 4 rings (SSSR count). The average Bonchev–Trinajstić information content (AvgIpc) is 3.42. The van der Waals surface area contributed by atoms with Gasteiger partial charge in [-0.1, -0.05) is 71.2 Å². The van der Waals surface area contributed by atoms with Gasteiger partial charge in [0.05, 0.1) is 10.0 Å². The van der Waals surface area contributed by atoms with Crippen LogP contribution in [0.4, 0.5) is 4.39 Å². The van der Waals surface area contributed by atoms with Crippen molar-refractivity contribution < 1.29 is 14.3 Å². The predicted octanol–water partition coefficient (Wildman–Crippen LogP) is 6.62. The molecule has 28 heavy (non-hydrogen) atoms. The minimum Gasteiger partial charge on any atom is -0.481 e. The summed E-state index contributed by atoms with van der Waals surface area (Å²) in [6, 6.07) is 17.4. The molecule has 0 aromatic heterocycles. The summed E-state index contributed by atoms with van der Waals surface area (Å²) in [7, 11) is 0. The van der Waals surface area contributed by atoms with Gasteiger partial charge in [0.15, 0.2) is 0 Å². The van der Waals surface area contributed by atoms with E-state index in [1.165, 1.54) is 6.07 Å². The summed E-state index contributed by atoms with van der Waals surface area (Å²) in [4.78, 5) is 12.1. The molecule has 1 aliphatic carbocycles. The largest absolute Gasteiger partial charge is 0.481 e. The summed E-state index contributed by atoms with van der Waals surface area (Å²) >= 11 is 12.0. The van der Waals surface area contributed by atoms with Crippen LogP contribution in [0.5, 0.6) is 0 Å². The van der Waals surface area contributed by atoms with Crippen molar-refractivity contribution in [2.24, 2.45) is 0 Å². The number of aliphatic carboxylic acids is 1. The first-order valence-electron chi connectivity index (χ1n) is 8.88. The summed E-state index contributed by atoms with van der Waals surface area (Å²) in [5.41, 5.74) is 2.41. The number of carboxylic acids is 1. The highest BCUT2D eigenvalue weighted by Crippen LogP contribution is 2.61. The number of benzene rings is 3. The molecule has 3 aromatic rings. The molecule has 0 bridgehead atoms. The maximum absolute atomic E-state index is 14.9. The van der Waals surface area contributed by atoms with E-state index in [4.69, 9.17) is 23.2 Å². The van der Waals surface area contributed by atoms with Crippen LogP contribution in [-0.4, -0.2) is 11.1 Å². The van der Waals surface area contributed by atoms with Crippen molar-refractivity contribution in [3.8, 4) is 11.1 Å². The van der Waals surface area contributed by atoms with Crippen LogP contribution in [0.2, 0.25) is 10.0 Å². The van der Waals surface area contributed by atoms with Gasteiger partial charge in [0.1, 0.15) is 11.2 Å². The van der Waals surface area contributed by atoms with Gasteiger partial charge >= 0.3 is 5.97 Å². The second-order valence-electron chi connectivity index (χ2n) is 7.27. The quantitative estimate of drug-likeness (QED) is 0.520. The number of carbonyl (C=O) groups is 1. The van der Waals surface area contributed by atoms with Crippen LogP contribution in [0.3, 0.4) is 0 Å². The molecule has 0 saturated heterocycles. The zero-order valence-corrected chi connectivity index (χ0v) is 16.6. The van der Waals surface area contributed by atoms with E-state index >= 15 is 0 Å². The monoisotopic (exact) mass is 414 g/mol. The molecule has 142 valence electrons. The van der Waals surface area contributed by atoms with E-state index in [1.54, 1.807) is 30.3 Å². The van der Waals surface area contributed by atoms with Crippen molar-refractivity contribution in [1.29, 1.82) is 0 Å². The van der Waals surface area contributed by atoms with Gasteiger partial charge in [-0.2, -0.15) is 0 Å². The number of aryl methyl sites for hydroxylation is 1. The van der Waals surface area contributed by atoms with Crippen LogP contribution in [0.1, 0.15) is 29.0 Å². The van der Waals surface area contributed by atoms with Gasteiger partial charge in [0.2, 0.25) is 0 Å². The molecule has 0 heterocycles. The van der Waals surface area contributed by atoms with E-state index in [0.29, 0.717) is 33.2 Å². The Morgan fingerprint density at radius 1 is 1.04 bits per heavy atom. The molecule has 0 radical (unpaired) electrons. The maximum atomic E-state index is 14.9. The summed E-state index contributed by atoms with van der Waals surface area (Å²) in [6.07, 6.45) is 0.455. The fourth-order valence-electron chi connectivity index (χ4n) is 3.83. The summed E-state index contributed by atoms with van der Waals surface area (Å²) in [5, 5.41) is 10.7. The van der Waals surface area contributed by atoms with E-state index in [2.05, 4.69) is 0 Å². The highest BCUT2D eigenvalue weighted by Gasteiger charge is 2.62. The molecule has 0 spiro atoms. The van der Waals surface area contributed by atoms with Crippen LogP contribution >= 0.6 is 23.2 Å². The molecular formula is C23H17Cl2FO2. The topological polar surface area (TPSA) is 37.3 Å². The molecule has 3 aromatic carbocycles. The van der Waals surface area contributed by atoms with Crippen LogP contribution in [0.15, 0.2) is 60.7 Å². The minimum absolute atomic E-state index is 0.166. The number of rotatable bonds is 4. The van der Waals surface area contributed by atoms with Crippen molar-refractivity contribution in [3.63, 3.8) is 0 Å². The van der Waals surface area contributed by atoms with E-state index in [0.717, 1.165) is 11.1 Å². The highest BCUT2D eigenvalue weighted by molar-refractivity contribution is 6.42. The minimum atomic E-state index is -1.09. The lowest BCUT2D eigenvalue weighted by Crippen LogP contribution is -2.22. The van der Waals surface area contributed by atoms with Crippen molar-refractivity contribution in [2.75, 3.05) is 0 Å². The van der Waals surface area contributed by atoms with Gasteiger partial charge in [0.25, 0.3) is 0 Å². The first-order chi connectivity index (χ1) is 13.3. The zero-order valence-electron chi connectivity index (χ0n) is 15.0. The van der Waals surface area contributed by atoms with Gasteiger partial charge in [-0.15, -0.1) is 0 Å². The SMILES string of the molecule is Cc1ccc([C@H]2C[C@]2(C(=O)O)c2ccc(-c3ccc(Cl)c(Cl)c3)c(F)c2)cc1. The Hall–Kier alpha value is -2.36. The second kappa shape index (κ2) is 6.91. The van der Waals surface area contributed by atoms with Crippen LogP contribution < -0.4 is 0 Å². The lowest BCUT2D eigenvalue weighted by atomic mass is 9.89. The molecule has 2 nitrogen and oxygen atoms in total. The molecule has 5 heteroatoms. The lowest BCUT2D eigenvalue weighted by molar-refractivity contribution is -0.140. The predicted molar refractivity (Wildman–Crippen MR) is 110 cm³/mol. The maximum Gasteiger partial charge on any atom is 0.314 e. The van der Waals surface area contributed by atoms with Crippen molar-refractivity contribution >= 4 is 29.2 Å². The van der Waals surface area contributed by atoms with Crippen LogP contribution in [-0.2, 0) is 10.2 Å². The van der Waals surface area contributed by atoms with E-state index in [-0.39, 0.29) is 5.92 Å². The summed E-state index contributed by atoms with van der Waals surface area (Å²) in [6.45, 7) is 1.98. The number of hydrogen-bond donors (Lipinski definition) is 1. The highest BCUT2D eigenvalue weighted by atomic mass is 35.5. The van der Waals surface area contributed by atoms with E-state index in [9.17, 15) is 14.3 Å². The fraction of sp³-hybridized carbons (Fsp3) is 0.174. The van der Waals surface area contributed by atoms with Gasteiger partial charge < -0.3 is 5.11 Å². The molecule has 1 aliphatic rings. The number of halogens is 3. The molecule has 2 atom stereocenters. The third-order valence-electron chi connectivity index (χ3n) is 5.54. The van der Waals surface area contributed by atoms with Crippen LogP contribution in [0.25, 0.3) is 11.1 Å². The molecule has 0 amide bonds. The molecule has 0 aliphatic heterocycles. The normalized spacial score (nSPS) is 20.8. The third-order valence-corrected chi connectivity index (χ3v) is 6.28. The third kappa shape index (κ3) is 3.09. The van der Waals surface area contributed by atoms with E-state index < -0.39 is 17.2 Å². The standard InChI is InChI=1S/C23H17Cl2FO2/c1-13-2-4-14(5-3-13)18-12-23(18,22(27)28)16-7-8-17(21(26)11-16)15-6-9-19(24)20(25)10-15/h2-11,18H,12H2,1H3,(H,27,28)/t18-,23+/m1/s1. The van der Waals surface area contributed by atoms with Gasteiger partial charge in [-0.05, 0) is 48.2 Å². The first-order valence-corrected chi connectivity index (χ1v) is 9.64. The Balaban J connectivity index is 1.72. The Morgan fingerprint density at radius 2 is 1.75 bits per heavy atom. The van der Waals surface area contributed by atoms with Crippen molar-refractivity contribution in [2.45, 2.75) is 24.7 Å². The molecule has 1 saturated carbocycles. The van der Waals surface area contributed by atoms with E-state index in [1.807, 2.05) is 31.2 Å². The average molecular weight is 415 g/mol. The molecule has 1 fully saturated rings. The van der Waals surface area contributed by atoms with Crippen molar-refractivity contribution in [3.05, 3.63) is 93.2 Å². The lowest BCUT2D eigenvalue weighted by Gasteiger charge is -2.15. The van der Waals surface area contributed by atoms with Gasteiger partial charge in [0, 0.05) is 11.5 Å². The fourth-order valence-corrected chi connectivity index (χ4v) is 4.13. The first kappa shape index (κ1) is 19.0. The Kier molecular flexibility index (Phi) is 4.68. The summed E-state index contributed by atoms with van der Waals surface area (Å²) in [5.74, 6) is -1.58. The Bertz CT molecular complexity index is 1080. The smallest absolute Gasteiger partial charge is 0.314 e. The molecule has 1 N–H and O–H groups in total. The van der Waals surface area contributed by atoms with Gasteiger partial charge in [-0.25, -0.2) is 4.39 Å². The Labute approximate surface area is 172 Å². The zero-order chi connectivity index (χ0) is 20.1. The van der Waals surface area contributed by atoms with Crippen molar-refractivity contribution in [1.82, 2.24) is 0 Å². The van der Waals surface area contributed by atoms with Gasteiger partial charge in [-0.3, -0.25) is 4.79 Å². The summed E-state index contributed by atoms with van der Waals surface area (Å²) < 4.78 is 14.9. The number of carboxylic acid groups (broad SMARTS) is 1. The molecular weight excluding hydrogens is 398 g/mol. The second-order valence-corrected chi connectivity index (χ2v) is 8.08. The van der Waals surface area contributed by atoms with Crippen LogP contribution in [0, 0.1) is 12.7 Å². The Morgan fingerprint density at radius 3 is 2.36 bits per heavy atom.